The number of unbranched alkanes of at least 4 members (excludes halogenated alkanes) is 1. The van der Waals surface area contributed by atoms with Crippen molar-refractivity contribution < 1.29 is 0 Å². The lowest BCUT2D eigenvalue weighted by atomic mass is 9.81. The van der Waals surface area contributed by atoms with Gasteiger partial charge in [0.25, 0.3) is 0 Å². The minimum absolute atomic E-state index is 0.224. The molecule has 1 N–H and O–H groups in total. The summed E-state index contributed by atoms with van der Waals surface area (Å²) in [5.74, 6) is 0. The summed E-state index contributed by atoms with van der Waals surface area (Å²) in [6, 6.07) is 5.06. The van der Waals surface area contributed by atoms with E-state index < -0.39 is 0 Å². The van der Waals surface area contributed by atoms with Crippen LogP contribution in [-0.4, -0.2) is 6.04 Å². The van der Waals surface area contributed by atoms with Crippen LogP contribution in [0.2, 0.25) is 0 Å². The van der Waals surface area contributed by atoms with E-state index in [1.807, 2.05) is 0 Å². The lowest BCUT2D eigenvalue weighted by Crippen LogP contribution is -2.17. The summed E-state index contributed by atoms with van der Waals surface area (Å²) in [5, 5.41) is 3.60. The zero-order chi connectivity index (χ0) is 14.6. The van der Waals surface area contributed by atoms with Gasteiger partial charge < -0.3 is 5.32 Å². The molecule has 0 bridgehead atoms. The topological polar surface area (TPSA) is 12.0 Å². The van der Waals surface area contributed by atoms with Crippen molar-refractivity contribution in [2.24, 2.45) is 0 Å². The molecule has 0 saturated heterocycles. The summed E-state index contributed by atoms with van der Waals surface area (Å²) in [6.07, 6.45) is 3.70. The molecule has 1 rings (SSSR count). The van der Waals surface area contributed by atoms with Crippen molar-refractivity contribution in [2.45, 2.75) is 79.2 Å². The summed E-state index contributed by atoms with van der Waals surface area (Å²) < 4.78 is 0. The minimum atomic E-state index is 0.224. The Morgan fingerprint density at radius 3 is 2.26 bits per heavy atom. The third kappa shape index (κ3) is 4.26. The van der Waals surface area contributed by atoms with Crippen LogP contribution in [0.25, 0.3) is 0 Å². The normalized spacial score (nSPS) is 12.0. The Bertz CT molecular complexity index is 410. The minimum Gasteiger partial charge on any atom is -0.383 e. The number of rotatable bonds is 5. The van der Waals surface area contributed by atoms with E-state index in [-0.39, 0.29) is 5.41 Å². The Morgan fingerprint density at radius 2 is 1.79 bits per heavy atom. The van der Waals surface area contributed by atoms with Crippen LogP contribution in [0.15, 0.2) is 12.1 Å². The average Bonchev–Trinajstić information content (AvgIpc) is 2.26. The van der Waals surface area contributed by atoms with Gasteiger partial charge in [0, 0.05) is 11.7 Å². The average molecular weight is 261 g/mol. The molecule has 0 spiro atoms. The van der Waals surface area contributed by atoms with Crippen LogP contribution in [-0.2, 0) is 11.8 Å². The molecule has 108 valence electrons. The molecule has 1 heteroatoms. The van der Waals surface area contributed by atoms with Crippen LogP contribution >= 0.6 is 0 Å². The van der Waals surface area contributed by atoms with Gasteiger partial charge in [-0.05, 0) is 61.8 Å². The molecule has 0 aliphatic carbocycles. The summed E-state index contributed by atoms with van der Waals surface area (Å²) in [4.78, 5) is 0. The number of benzene rings is 1. The smallest absolute Gasteiger partial charge is 0.0377 e. The Kier molecular flexibility index (Phi) is 5.46. The zero-order valence-corrected chi connectivity index (χ0v) is 13.9. The molecule has 0 radical (unpaired) electrons. The first kappa shape index (κ1) is 16.1. The molecule has 0 unspecified atom stereocenters. The van der Waals surface area contributed by atoms with E-state index in [2.05, 4.69) is 65.9 Å². The fraction of sp³-hybridized carbons (Fsp3) is 0.667. The summed E-state index contributed by atoms with van der Waals surface area (Å²) in [6.45, 7) is 15.9. The highest BCUT2D eigenvalue weighted by atomic mass is 14.9. The highest BCUT2D eigenvalue weighted by molar-refractivity contribution is 5.58. The van der Waals surface area contributed by atoms with Gasteiger partial charge in [0.05, 0.1) is 0 Å². The Labute approximate surface area is 119 Å². The first-order chi connectivity index (χ1) is 8.77. The third-order valence-electron chi connectivity index (χ3n) is 3.63. The maximum atomic E-state index is 3.60. The second-order valence-electron chi connectivity index (χ2n) is 6.92. The molecule has 0 saturated carbocycles. The van der Waals surface area contributed by atoms with Crippen molar-refractivity contribution >= 4 is 5.69 Å². The Hall–Kier alpha value is -0.980. The molecule has 1 aromatic rings. The first-order valence-electron chi connectivity index (χ1n) is 7.66. The monoisotopic (exact) mass is 261 g/mol. The lowest BCUT2D eigenvalue weighted by Gasteiger charge is -2.26. The lowest BCUT2D eigenvalue weighted by molar-refractivity contribution is 0.584. The molecule has 0 fully saturated rings. The maximum absolute atomic E-state index is 3.60. The fourth-order valence-corrected chi connectivity index (χ4v) is 2.69. The molecule has 0 atom stereocenters. The molecule has 0 aromatic heterocycles. The molecule has 19 heavy (non-hydrogen) atoms. The highest BCUT2D eigenvalue weighted by Crippen LogP contribution is 2.32. The fourth-order valence-electron chi connectivity index (χ4n) is 2.69. The molecule has 0 heterocycles. The second-order valence-corrected chi connectivity index (χ2v) is 6.92. The number of anilines is 1. The van der Waals surface area contributed by atoms with E-state index in [1.165, 1.54) is 41.6 Å². The van der Waals surface area contributed by atoms with Crippen molar-refractivity contribution in [1.29, 1.82) is 0 Å². The van der Waals surface area contributed by atoms with Gasteiger partial charge >= 0.3 is 0 Å². The van der Waals surface area contributed by atoms with Crippen LogP contribution in [0.5, 0.6) is 0 Å². The van der Waals surface area contributed by atoms with Gasteiger partial charge in [0.15, 0.2) is 0 Å². The van der Waals surface area contributed by atoms with Crippen LogP contribution in [0.4, 0.5) is 5.69 Å². The van der Waals surface area contributed by atoms with Crippen molar-refractivity contribution in [2.75, 3.05) is 5.32 Å². The van der Waals surface area contributed by atoms with Gasteiger partial charge in [0.1, 0.15) is 0 Å². The number of hydrogen-bond acceptors (Lipinski definition) is 1. The van der Waals surface area contributed by atoms with E-state index in [1.54, 1.807) is 0 Å². The molecule has 0 aliphatic rings. The molecular weight excluding hydrogens is 230 g/mol. The predicted molar refractivity (Wildman–Crippen MR) is 87.2 cm³/mol. The van der Waals surface area contributed by atoms with Crippen molar-refractivity contribution in [1.82, 2.24) is 0 Å². The number of hydrogen-bond donors (Lipinski definition) is 1. The Balaban J connectivity index is 3.23. The number of nitrogens with one attached hydrogen (secondary N) is 1. The molecule has 0 amide bonds. The van der Waals surface area contributed by atoms with E-state index in [0.717, 1.165) is 0 Å². The van der Waals surface area contributed by atoms with E-state index in [0.29, 0.717) is 6.04 Å². The van der Waals surface area contributed by atoms with Crippen molar-refractivity contribution in [3.05, 3.63) is 28.8 Å². The van der Waals surface area contributed by atoms with Gasteiger partial charge in [-0.15, -0.1) is 0 Å². The van der Waals surface area contributed by atoms with Crippen LogP contribution in [0.1, 0.15) is 71.1 Å². The van der Waals surface area contributed by atoms with Crippen LogP contribution in [0.3, 0.4) is 0 Å². The summed E-state index contributed by atoms with van der Waals surface area (Å²) in [5.41, 5.74) is 6.03. The third-order valence-corrected chi connectivity index (χ3v) is 3.63. The van der Waals surface area contributed by atoms with Crippen LogP contribution < -0.4 is 5.32 Å². The van der Waals surface area contributed by atoms with Gasteiger partial charge in [0.2, 0.25) is 0 Å². The van der Waals surface area contributed by atoms with Gasteiger partial charge in [-0.1, -0.05) is 40.2 Å². The summed E-state index contributed by atoms with van der Waals surface area (Å²) in [7, 11) is 0. The van der Waals surface area contributed by atoms with E-state index >= 15 is 0 Å². The Morgan fingerprint density at radius 1 is 1.16 bits per heavy atom. The standard InChI is InChI=1S/C18H31N/c1-8-9-10-15-14(4)16(18(5,6)7)11-12-17(15)19-13(2)3/h11-13,19H,8-10H2,1-7H3. The second kappa shape index (κ2) is 6.45. The molecular formula is C18H31N. The highest BCUT2D eigenvalue weighted by Gasteiger charge is 2.19. The van der Waals surface area contributed by atoms with Crippen LogP contribution in [0, 0.1) is 6.92 Å². The molecule has 1 aromatic carbocycles. The van der Waals surface area contributed by atoms with Crippen molar-refractivity contribution in [3.8, 4) is 0 Å². The molecule has 0 aliphatic heterocycles. The van der Waals surface area contributed by atoms with Gasteiger partial charge in [-0.2, -0.15) is 0 Å². The van der Waals surface area contributed by atoms with E-state index in [9.17, 15) is 0 Å². The maximum Gasteiger partial charge on any atom is 0.0377 e. The SMILES string of the molecule is CCCCc1c(NC(C)C)ccc(C(C)(C)C)c1C. The van der Waals surface area contributed by atoms with Gasteiger partial charge in [-0.3, -0.25) is 0 Å². The summed E-state index contributed by atoms with van der Waals surface area (Å²) >= 11 is 0. The first-order valence-corrected chi connectivity index (χ1v) is 7.66. The predicted octanol–water partition coefficient (Wildman–Crippen LogP) is 5.46. The van der Waals surface area contributed by atoms with Gasteiger partial charge in [-0.25, -0.2) is 0 Å². The van der Waals surface area contributed by atoms with Crippen molar-refractivity contribution in [3.63, 3.8) is 0 Å². The van der Waals surface area contributed by atoms with E-state index in [4.69, 9.17) is 0 Å². The quantitative estimate of drug-likeness (QED) is 0.742. The zero-order valence-electron chi connectivity index (χ0n) is 13.9. The molecule has 1 nitrogen and oxygen atoms in total. The largest absolute Gasteiger partial charge is 0.383 e.